The lowest BCUT2D eigenvalue weighted by Gasteiger charge is -1.99. The van der Waals surface area contributed by atoms with Crippen LogP contribution in [0.25, 0.3) is 22.6 Å². The Bertz CT molecular complexity index is 677. The maximum atomic E-state index is 5.36. The first-order valence-corrected chi connectivity index (χ1v) is 5.86. The molecule has 0 fully saturated rings. The Morgan fingerprint density at radius 3 is 2.47 bits per heavy atom. The molecule has 0 aliphatic heterocycles. The summed E-state index contributed by atoms with van der Waals surface area (Å²) in [6.45, 7) is 0. The highest BCUT2D eigenvalue weighted by Gasteiger charge is 2.08. The Morgan fingerprint density at radius 1 is 0.895 bits per heavy atom. The van der Waals surface area contributed by atoms with E-state index in [1.807, 2.05) is 48.5 Å². The van der Waals surface area contributed by atoms with Gasteiger partial charge in [-0.3, -0.25) is 0 Å². The summed E-state index contributed by atoms with van der Waals surface area (Å²) in [4.78, 5) is 4.71. The summed E-state index contributed by atoms with van der Waals surface area (Å²) < 4.78 is 5.36. The van der Waals surface area contributed by atoms with Gasteiger partial charge in [0.2, 0.25) is 0 Å². The monoisotopic (exact) mass is 252 g/mol. The van der Waals surface area contributed by atoms with Gasteiger partial charge in [-0.05, 0) is 12.1 Å². The van der Waals surface area contributed by atoms with Crippen LogP contribution >= 0.6 is 0 Å². The summed E-state index contributed by atoms with van der Waals surface area (Å²) in [7, 11) is 0. The molecular formula is C15H12N2O2. The van der Waals surface area contributed by atoms with Crippen molar-refractivity contribution in [3.8, 4) is 28.3 Å². The summed E-state index contributed by atoms with van der Waals surface area (Å²) in [6.07, 6.45) is 0. The van der Waals surface area contributed by atoms with Crippen molar-refractivity contribution in [2.24, 2.45) is 5.90 Å². The largest absolute Gasteiger partial charge is 0.412 e. The number of nitrogens with two attached hydrogens (primary N) is 1. The highest BCUT2D eigenvalue weighted by atomic mass is 16.6. The Labute approximate surface area is 110 Å². The zero-order valence-electron chi connectivity index (χ0n) is 10.1. The standard InChI is InChI=1S/C15H12N2O2/c16-18-13-8-4-7-12(9-13)15-10-14(17-19-15)11-5-2-1-3-6-11/h1-10H,16H2. The third-order valence-corrected chi connectivity index (χ3v) is 2.83. The van der Waals surface area contributed by atoms with Crippen LogP contribution in [-0.2, 0) is 0 Å². The second-order valence-electron chi connectivity index (χ2n) is 4.09. The molecule has 0 atom stereocenters. The molecule has 2 aromatic carbocycles. The van der Waals surface area contributed by atoms with E-state index in [2.05, 4.69) is 5.16 Å². The van der Waals surface area contributed by atoms with Gasteiger partial charge in [-0.2, -0.15) is 5.90 Å². The van der Waals surface area contributed by atoms with Crippen LogP contribution in [0.1, 0.15) is 0 Å². The number of aromatic nitrogens is 1. The summed E-state index contributed by atoms with van der Waals surface area (Å²) in [5, 5.41) is 4.07. The van der Waals surface area contributed by atoms with Crippen LogP contribution in [0.2, 0.25) is 0 Å². The molecule has 94 valence electrons. The van der Waals surface area contributed by atoms with Gasteiger partial charge in [-0.25, -0.2) is 0 Å². The third kappa shape index (κ3) is 2.34. The number of nitrogens with zero attached hydrogens (tertiary/aromatic N) is 1. The molecule has 0 amide bonds. The molecular weight excluding hydrogens is 240 g/mol. The molecule has 0 aliphatic carbocycles. The van der Waals surface area contributed by atoms with Crippen LogP contribution in [0, 0.1) is 0 Å². The SMILES string of the molecule is NOc1cccc(-c2cc(-c3ccccc3)no2)c1. The first kappa shape index (κ1) is 11.5. The van der Waals surface area contributed by atoms with E-state index in [0.29, 0.717) is 11.5 Å². The van der Waals surface area contributed by atoms with Crippen molar-refractivity contribution in [1.82, 2.24) is 5.16 Å². The quantitative estimate of drug-likeness (QED) is 0.727. The molecule has 3 aromatic rings. The van der Waals surface area contributed by atoms with E-state index in [9.17, 15) is 0 Å². The van der Waals surface area contributed by atoms with Gasteiger partial charge in [0.05, 0.1) is 0 Å². The first-order chi connectivity index (χ1) is 9.36. The highest BCUT2D eigenvalue weighted by Crippen LogP contribution is 2.27. The zero-order chi connectivity index (χ0) is 13.1. The molecule has 1 aromatic heterocycles. The number of hydrogen-bond donors (Lipinski definition) is 1. The fourth-order valence-electron chi connectivity index (χ4n) is 1.88. The minimum Gasteiger partial charge on any atom is -0.412 e. The molecule has 19 heavy (non-hydrogen) atoms. The smallest absolute Gasteiger partial charge is 0.167 e. The van der Waals surface area contributed by atoms with Crippen LogP contribution in [0.3, 0.4) is 0 Å². The van der Waals surface area contributed by atoms with Crippen molar-refractivity contribution in [2.75, 3.05) is 0 Å². The van der Waals surface area contributed by atoms with E-state index in [0.717, 1.165) is 16.8 Å². The normalized spacial score (nSPS) is 10.4. The van der Waals surface area contributed by atoms with Gasteiger partial charge in [0, 0.05) is 17.2 Å². The molecule has 0 saturated heterocycles. The summed E-state index contributed by atoms with van der Waals surface area (Å²) >= 11 is 0. The van der Waals surface area contributed by atoms with E-state index in [-0.39, 0.29) is 0 Å². The zero-order valence-corrected chi connectivity index (χ0v) is 10.1. The van der Waals surface area contributed by atoms with E-state index in [1.165, 1.54) is 0 Å². The first-order valence-electron chi connectivity index (χ1n) is 5.86. The Morgan fingerprint density at radius 2 is 1.68 bits per heavy atom. The second-order valence-corrected chi connectivity index (χ2v) is 4.09. The average molecular weight is 252 g/mol. The van der Waals surface area contributed by atoms with E-state index in [1.54, 1.807) is 12.1 Å². The van der Waals surface area contributed by atoms with Crippen molar-refractivity contribution in [3.63, 3.8) is 0 Å². The van der Waals surface area contributed by atoms with Gasteiger partial charge in [-0.15, -0.1) is 0 Å². The predicted molar refractivity (Wildman–Crippen MR) is 72.2 cm³/mol. The van der Waals surface area contributed by atoms with Gasteiger partial charge < -0.3 is 9.36 Å². The second kappa shape index (κ2) is 4.96. The van der Waals surface area contributed by atoms with Gasteiger partial charge in [0.1, 0.15) is 11.4 Å². The van der Waals surface area contributed by atoms with E-state index >= 15 is 0 Å². The minimum atomic E-state index is 0.579. The maximum Gasteiger partial charge on any atom is 0.167 e. The molecule has 0 spiro atoms. The van der Waals surface area contributed by atoms with Crippen LogP contribution < -0.4 is 10.7 Å². The topological polar surface area (TPSA) is 61.3 Å². The van der Waals surface area contributed by atoms with Gasteiger partial charge in [-0.1, -0.05) is 47.6 Å². The molecule has 0 radical (unpaired) electrons. The predicted octanol–water partition coefficient (Wildman–Crippen LogP) is 3.26. The molecule has 1 heterocycles. The van der Waals surface area contributed by atoms with Crippen molar-refractivity contribution in [1.29, 1.82) is 0 Å². The third-order valence-electron chi connectivity index (χ3n) is 2.83. The minimum absolute atomic E-state index is 0.579. The molecule has 0 aliphatic rings. The van der Waals surface area contributed by atoms with Crippen molar-refractivity contribution in [2.45, 2.75) is 0 Å². The van der Waals surface area contributed by atoms with Crippen LogP contribution in [0.4, 0.5) is 0 Å². The van der Waals surface area contributed by atoms with Gasteiger partial charge in [0.25, 0.3) is 0 Å². The lowest BCUT2D eigenvalue weighted by Crippen LogP contribution is -2.01. The molecule has 0 unspecified atom stereocenters. The Kier molecular flexibility index (Phi) is 3.00. The highest BCUT2D eigenvalue weighted by molar-refractivity contribution is 5.67. The lowest BCUT2D eigenvalue weighted by molar-refractivity contribution is 0.334. The Hall–Kier alpha value is -2.59. The number of rotatable bonds is 3. The fraction of sp³-hybridized carbons (Fsp3) is 0. The van der Waals surface area contributed by atoms with Crippen LogP contribution in [0.5, 0.6) is 5.75 Å². The number of hydrogen-bond acceptors (Lipinski definition) is 4. The Balaban J connectivity index is 1.97. The van der Waals surface area contributed by atoms with Crippen molar-refractivity contribution >= 4 is 0 Å². The summed E-state index contributed by atoms with van der Waals surface area (Å²) in [5.41, 5.74) is 2.69. The molecule has 4 heteroatoms. The summed E-state index contributed by atoms with van der Waals surface area (Å²) in [6, 6.07) is 19.1. The molecule has 0 bridgehead atoms. The molecule has 2 N–H and O–H groups in total. The van der Waals surface area contributed by atoms with Crippen molar-refractivity contribution < 1.29 is 9.36 Å². The average Bonchev–Trinajstić information content (AvgIpc) is 2.98. The number of benzene rings is 2. The summed E-state index contributed by atoms with van der Waals surface area (Å²) in [5.74, 6) is 6.40. The van der Waals surface area contributed by atoms with E-state index in [4.69, 9.17) is 15.3 Å². The maximum absolute atomic E-state index is 5.36. The van der Waals surface area contributed by atoms with E-state index < -0.39 is 0 Å². The lowest BCUT2D eigenvalue weighted by atomic mass is 10.1. The van der Waals surface area contributed by atoms with Crippen LogP contribution in [0.15, 0.2) is 65.2 Å². The molecule has 4 nitrogen and oxygen atoms in total. The fourth-order valence-corrected chi connectivity index (χ4v) is 1.88. The molecule has 3 rings (SSSR count). The van der Waals surface area contributed by atoms with Gasteiger partial charge >= 0.3 is 0 Å². The molecule has 0 saturated carbocycles. The van der Waals surface area contributed by atoms with Crippen molar-refractivity contribution in [3.05, 3.63) is 60.7 Å². The van der Waals surface area contributed by atoms with Gasteiger partial charge in [0.15, 0.2) is 5.76 Å². The van der Waals surface area contributed by atoms with Crippen LogP contribution in [-0.4, -0.2) is 5.16 Å².